The van der Waals surface area contributed by atoms with Gasteiger partial charge in [-0.1, -0.05) is 30.7 Å². The van der Waals surface area contributed by atoms with Crippen LogP contribution < -0.4 is 5.73 Å². The summed E-state index contributed by atoms with van der Waals surface area (Å²) < 4.78 is 13.9. The number of hydrogen-bond donors (Lipinski definition) is 2. The molecule has 1 heterocycles. The molecule has 0 saturated heterocycles. The number of nitrogen functional groups attached to an aromatic ring is 1. The third kappa shape index (κ3) is 2.69. The van der Waals surface area contributed by atoms with E-state index in [1.807, 2.05) is 6.92 Å². The zero-order valence-corrected chi connectivity index (χ0v) is 12.3. The first-order valence-corrected chi connectivity index (χ1v) is 6.72. The summed E-state index contributed by atoms with van der Waals surface area (Å²) >= 11 is 5.89. The van der Waals surface area contributed by atoms with Crippen molar-refractivity contribution in [3.05, 3.63) is 45.9 Å². The van der Waals surface area contributed by atoms with Gasteiger partial charge in [-0.25, -0.2) is 14.2 Å². The maximum atomic E-state index is 13.9. The Morgan fingerprint density at radius 2 is 2.14 bits per heavy atom. The van der Waals surface area contributed by atoms with E-state index in [-0.39, 0.29) is 22.2 Å². The first-order valence-electron chi connectivity index (χ1n) is 6.34. The fraction of sp³-hybridized carbons (Fsp3) is 0.200. The van der Waals surface area contributed by atoms with Crippen LogP contribution in [0.5, 0.6) is 0 Å². The summed E-state index contributed by atoms with van der Waals surface area (Å²) in [4.78, 5) is 15.2. The summed E-state index contributed by atoms with van der Waals surface area (Å²) in [6.07, 6.45) is 0.571. The second-order valence-electron chi connectivity index (χ2n) is 4.63. The van der Waals surface area contributed by atoms with Crippen LogP contribution in [0.2, 0.25) is 5.02 Å². The molecule has 21 heavy (non-hydrogen) atoms. The predicted molar refractivity (Wildman–Crippen MR) is 80.1 cm³/mol. The number of carbonyl (C=O) groups is 1. The lowest BCUT2D eigenvalue weighted by Crippen LogP contribution is -2.08. The molecule has 0 fully saturated rings. The number of halogens is 2. The van der Waals surface area contributed by atoms with Crippen LogP contribution in [-0.4, -0.2) is 16.1 Å². The minimum Gasteiger partial charge on any atom is -0.476 e. The van der Waals surface area contributed by atoms with E-state index in [0.29, 0.717) is 28.8 Å². The summed E-state index contributed by atoms with van der Waals surface area (Å²) in [5, 5.41) is 9.01. The quantitative estimate of drug-likeness (QED) is 0.906. The number of rotatable bonds is 3. The Morgan fingerprint density at radius 3 is 2.67 bits per heavy atom. The molecule has 0 saturated carbocycles. The molecule has 0 atom stereocenters. The molecule has 0 bridgehead atoms. The first kappa shape index (κ1) is 15.3. The predicted octanol–water partition coefficient (Wildman–Crippen LogP) is 3.69. The normalized spacial score (nSPS) is 10.7. The molecule has 0 aliphatic carbocycles. The Kier molecular flexibility index (Phi) is 4.14. The highest BCUT2D eigenvalue weighted by Crippen LogP contribution is 2.33. The van der Waals surface area contributed by atoms with Crippen molar-refractivity contribution in [2.75, 3.05) is 5.73 Å². The van der Waals surface area contributed by atoms with Crippen LogP contribution in [-0.2, 0) is 6.42 Å². The van der Waals surface area contributed by atoms with E-state index in [1.54, 1.807) is 19.1 Å². The van der Waals surface area contributed by atoms with Gasteiger partial charge >= 0.3 is 5.97 Å². The van der Waals surface area contributed by atoms with Crippen molar-refractivity contribution in [3.8, 4) is 11.3 Å². The topological polar surface area (TPSA) is 76.2 Å². The summed E-state index contributed by atoms with van der Waals surface area (Å²) in [5.41, 5.74) is 7.51. The van der Waals surface area contributed by atoms with E-state index < -0.39 is 5.97 Å². The van der Waals surface area contributed by atoms with Crippen LogP contribution in [0.15, 0.2) is 18.2 Å². The molecule has 0 unspecified atom stereocenters. The molecule has 1 aromatic carbocycles. The molecule has 0 aliphatic heterocycles. The van der Waals surface area contributed by atoms with Gasteiger partial charge in [0.1, 0.15) is 5.82 Å². The highest BCUT2D eigenvalue weighted by atomic mass is 35.5. The van der Waals surface area contributed by atoms with Crippen LogP contribution >= 0.6 is 11.6 Å². The van der Waals surface area contributed by atoms with Crippen molar-refractivity contribution in [2.45, 2.75) is 20.3 Å². The number of aromatic nitrogens is 1. The highest BCUT2D eigenvalue weighted by molar-refractivity contribution is 6.36. The van der Waals surface area contributed by atoms with E-state index in [0.717, 1.165) is 0 Å². The van der Waals surface area contributed by atoms with Crippen LogP contribution in [0.25, 0.3) is 11.3 Å². The zero-order chi connectivity index (χ0) is 15.7. The number of aromatic carboxylic acids is 1. The summed E-state index contributed by atoms with van der Waals surface area (Å²) in [5.74, 6) is -1.64. The third-order valence-corrected chi connectivity index (χ3v) is 3.72. The Labute approximate surface area is 126 Å². The van der Waals surface area contributed by atoms with Gasteiger partial charge in [-0.05, 0) is 30.5 Å². The Bertz CT molecular complexity index is 732. The lowest BCUT2D eigenvalue weighted by Gasteiger charge is -2.12. The monoisotopic (exact) mass is 308 g/mol. The maximum Gasteiger partial charge on any atom is 0.356 e. The molecular weight excluding hydrogens is 295 g/mol. The largest absolute Gasteiger partial charge is 0.476 e. The second-order valence-corrected chi connectivity index (χ2v) is 5.00. The smallest absolute Gasteiger partial charge is 0.356 e. The molecule has 2 aromatic rings. The van der Waals surface area contributed by atoms with Gasteiger partial charge in [0.25, 0.3) is 0 Å². The zero-order valence-electron chi connectivity index (χ0n) is 11.6. The average molecular weight is 309 g/mol. The standard InChI is InChI=1S/C15H14ClFN2O2/c1-3-8-4-5-9(6-10(8)17)13-7(2)12(18)11(16)14(19-13)15(20)21/h4-6H,3H2,1-2H3,(H2,18,19)(H,20,21). The molecule has 4 nitrogen and oxygen atoms in total. The highest BCUT2D eigenvalue weighted by Gasteiger charge is 2.19. The number of nitrogens with zero attached hydrogens (tertiary/aromatic N) is 1. The number of hydrogen-bond acceptors (Lipinski definition) is 3. The number of anilines is 1. The molecule has 0 spiro atoms. The van der Waals surface area contributed by atoms with Crippen LogP contribution in [0.1, 0.15) is 28.5 Å². The van der Waals surface area contributed by atoms with Gasteiger partial charge in [0.15, 0.2) is 5.69 Å². The Balaban J connectivity index is 2.69. The molecule has 1 aromatic heterocycles. The molecular formula is C15H14ClFN2O2. The van der Waals surface area contributed by atoms with Crippen molar-refractivity contribution in [1.29, 1.82) is 0 Å². The number of nitrogens with two attached hydrogens (primary N) is 1. The first-order chi connectivity index (χ1) is 9.86. The lowest BCUT2D eigenvalue weighted by atomic mass is 10.0. The van der Waals surface area contributed by atoms with Crippen molar-refractivity contribution in [2.24, 2.45) is 0 Å². The van der Waals surface area contributed by atoms with E-state index in [2.05, 4.69) is 4.98 Å². The second kappa shape index (κ2) is 5.69. The van der Waals surface area contributed by atoms with Crippen molar-refractivity contribution in [1.82, 2.24) is 4.98 Å². The fourth-order valence-corrected chi connectivity index (χ4v) is 2.33. The van der Waals surface area contributed by atoms with Crippen molar-refractivity contribution >= 4 is 23.3 Å². The van der Waals surface area contributed by atoms with Gasteiger partial charge < -0.3 is 10.8 Å². The van der Waals surface area contributed by atoms with Crippen molar-refractivity contribution < 1.29 is 14.3 Å². The van der Waals surface area contributed by atoms with Gasteiger partial charge in [0, 0.05) is 5.56 Å². The van der Waals surface area contributed by atoms with Crippen LogP contribution in [0, 0.1) is 12.7 Å². The molecule has 0 radical (unpaired) electrons. The van der Waals surface area contributed by atoms with Gasteiger partial charge in [-0.3, -0.25) is 0 Å². The van der Waals surface area contributed by atoms with Gasteiger partial charge in [0.2, 0.25) is 0 Å². The molecule has 6 heteroatoms. The van der Waals surface area contributed by atoms with Crippen molar-refractivity contribution in [3.63, 3.8) is 0 Å². The van der Waals surface area contributed by atoms with Crippen LogP contribution in [0.3, 0.4) is 0 Å². The van der Waals surface area contributed by atoms with E-state index in [4.69, 9.17) is 22.4 Å². The lowest BCUT2D eigenvalue weighted by molar-refractivity contribution is 0.0691. The van der Waals surface area contributed by atoms with E-state index >= 15 is 0 Å². The number of benzene rings is 1. The number of pyridine rings is 1. The molecule has 0 aliphatic rings. The third-order valence-electron chi connectivity index (χ3n) is 3.34. The summed E-state index contributed by atoms with van der Waals surface area (Å²) in [6, 6.07) is 4.67. The van der Waals surface area contributed by atoms with E-state index in [1.165, 1.54) is 6.07 Å². The maximum absolute atomic E-state index is 13.9. The fourth-order valence-electron chi connectivity index (χ4n) is 2.07. The molecule has 0 amide bonds. The molecule has 2 rings (SSSR count). The number of aryl methyl sites for hydroxylation is 1. The average Bonchev–Trinajstić information content (AvgIpc) is 2.44. The number of carboxylic acid groups (broad SMARTS) is 1. The van der Waals surface area contributed by atoms with Gasteiger partial charge in [-0.2, -0.15) is 0 Å². The SMILES string of the molecule is CCc1ccc(-c2nc(C(=O)O)c(Cl)c(N)c2C)cc1F. The number of carboxylic acids is 1. The molecule has 110 valence electrons. The minimum absolute atomic E-state index is 0.102. The van der Waals surface area contributed by atoms with Crippen LogP contribution in [0.4, 0.5) is 10.1 Å². The van der Waals surface area contributed by atoms with Gasteiger partial charge in [0.05, 0.1) is 16.4 Å². The minimum atomic E-state index is -1.28. The Morgan fingerprint density at radius 1 is 1.48 bits per heavy atom. The van der Waals surface area contributed by atoms with E-state index in [9.17, 15) is 9.18 Å². The Hall–Kier alpha value is -2.14. The van der Waals surface area contributed by atoms with Gasteiger partial charge in [-0.15, -0.1) is 0 Å². The summed E-state index contributed by atoms with van der Waals surface area (Å²) in [6.45, 7) is 3.52. The summed E-state index contributed by atoms with van der Waals surface area (Å²) in [7, 11) is 0. The molecule has 3 N–H and O–H groups in total.